The number of hydrogen-bond donors (Lipinski definition) is 0. The van der Waals surface area contributed by atoms with E-state index < -0.39 is 9.84 Å². The lowest BCUT2D eigenvalue weighted by Gasteiger charge is -2.27. The van der Waals surface area contributed by atoms with Crippen LogP contribution in [-0.2, 0) is 19.4 Å². The van der Waals surface area contributed by atoms with E-state index in [4.69, 9.17) is 0 Å². The van der Waals surface area contributed by atoms with Crippen LogP contribution in [0.2, 0.25) is 0 Å². The highest BCUT2D eigenvalue weighted by Gasteiger charge is 2.25. The third kappa shape index (κ3) is 5.91. The lowest BCUT2D eigenvalue weighted by molar-refractivity contribution is -0.142. The van der Waals surface area contributed by atoms with Crippen molar-refractivity contribution in [2.24, 2.45) is 0 Å². The number of rotatable bonds is 8. The van der Waals surface area contributed by atoms with Crippen LogP contribution in [0.4, 0.5) is 0 Å². The molecule has 1 aliphatic carbocycles. The molecule has 0 aromatic heterocycles. The topological polar surface area (TPSA) is 63.7 Å². The molecule has 1 fully saturated rings. The second-order valence-electron chi connectivity index (χ2n) is 5.14. The van der Waals surface area contributed by atoms with Gasteiger partial charge in [-0.2, -0.15) is 0 Å². The number of carbonyl (C=O) groups excluding carboxylic acids is 1. The molecular formula is C13H25NO4S. The lowest BCUT2D eigenvalue weighted by Crippen LogP contribution is -2.41. The summed E-state index contributed by atoms with van der Waals surface area (Å²) in [7, 11) is -1.63. The molecule has 0 aromatic carbocycles. The molecule has 0 saturated heterocycles. The Balaban J connectivity index is 2.56. The molecule has 1 saturated carbocycles. The third-order valence-corrected chi connectivity index (χ3v) is 5.44. The summed E-state index contributed by atoms with van der Waals surface area (Å²) in [5.41, 5.74) is 0. The molecule has 0 radical (unpaired) electrons. The van der Waals surface area contributed by atoms with Gasteiger partial charge in [-0.25, -0.2) is 8.42 Å². The van der Waals surface area contributed by atoms with Crippen LogP contribution in [0.3, 0.4) is 0 Å². The fourth-order valence-electron chi connectivity index (χ4n) is 2.56. The molecular weight excluding hydrogens is 266 g/mol. The van der Waals surface area contributed by atoms with Gasteiger partial charge in [0.2, 0.25) is 0 Å². The van der Waals surface area contributed by atoms with Crippen LogP contribution in [0, 0.1) is 0 Å². The maximum absolute atomic E-state index is 11.8. The van der Waals surface area contributed by atoms with Crippen molar-refractivity contribution in [2.75, 3.05) is 31.7 Å². The highest BCUT2D eigenvalue weighted by atomic mass is 32.2. The Morgan fingerprint density at radius 1 is 1.26 bits per heavy atom. The maximum Gasteiger partial charge on any atom is 0.319 e. The lowest BCUT2D eigenvalue weighted by atomic mass is 10.2. The highest BCUT2D eigenvalue weighted by molar-refractivity contribution is 7.91. The predicted molar refractivity (Wildman–Crippen MR) is 74.8 cm³/mol. The first-order valence-corrected chi connectivity index (χ1v) is 8.82. The molecule has 0 heterocycles. The van der Waals surface area contributed by atoms with Crippen molar-refractivity contribution in [1.29, 1.82) is 0 Å². The standard InChI is InChI=1S/C13H25NO4S/c1-3-9-19(16,17)10-8-14(11-13(15)18-2)12-6-4-5-7-12/h12H,3-11H2,1-2H3. The molecule has 0 atom stereocenters. The average molecular weight is 291 g/mol. The third-order valence-electron chi connectivity index (χ3n) is 3.61. The molecule has 6 heteroatoms. The Kier molecular flexibility index (Phi) is 6.79. The number of esters is 1. The van der Waals surface area contributed by atoms with Crippen LogP contribution in [0.15, 0.2) is 0 Å². The SMILES string of the molecule is CCCS(=O)(=O)CCN(CC(=O)OC)C1CCCC1. The van der Waals surface area contributed by atoms with Crippen LogP contribution in [-0.4, -0.2) is 57.0 Å². The average Bonchev–Trinajstić information content (AvgIpc) is 2.87. The van der Waals surface area contributed by atoms with Gasteiger partial charge in [0.1, 0.15) is 0 Å². The zero-order valence-corrected chi connectivity index (χ0v) is 12.7. The molecule has 5 nitrogen and oxygen atoms in total. The summed E-state index contributed by atoms with van der Waals surface area (Å²) in [6.07, 6.45) is 5.05. The molecule has 1 rings (SSSR count). The minimum Gasteiger partial charge on any atom is -0.468 e. The van der Waals surface area contributed by atoms with Crippen molar-refractivity contribution in [1.82, 2.24) is 4.90 Å². The predicted octanol–water partition coefficient (Wildman–Crippen LogP) is 1.23. The van der Waals surface area contributed by atoms with Crippen molar-refractivity contribution in [3.8, 4) is 0 Å². The normalized spacial score (nSPS) is 17.0. The van der Waals surface area contributed by atoms with E-state index in [1.54, 1.807) is 0 Å². The number of carbonyl (C=O) groups is 1. The number of methoxy groups -OCH3 is 1. The van der Waals surface area contributed by atoms with Crippen LogP contribution in [0.5, 0.6) is 0 Å². The Morgan fingerprint density at radius 2 is 1.89 bits per heavy atom. The van der Waals surface area contributed by atoms with Gasteiger partial charge in [0.15, 0.2) is 9.84 Å². The molecule has 0 amide bonds. The Hall–Kier alpha value is -0.620. The second-order valence-corrected chi connectivity index (χ2v) is 7.44. The van der Waals surface area contributed by atoms with Gasteiger partial charge in [0, 0.05) is 18.3 Å². The Labute approximate surface area is 116 Å². The highest BCUT2D eigenvalue weighted by Crippen LogP contribution is 2.23. The van der Waals surface area contributed by atoms with Crippen LogP contribution in [0.1, 0.15) is 39.0 Å². The van der Waals surface area contributed by atoms with Gasteiger partial charge in [-0.05, 0) is 19.3 Å². The zero-order valence-electron chi connectivity index (χ0n) is 11.9. The molecule has 0 bridgehead atoms. The van der Waals surface area contributed by atoms with E-state index in [0.29, 0.717) is 19.0 Å². The Bertz CT molecular complexity index is 374. The molecule has 0 aliphatic heterocycles. The fraction of sp³-hybridized carbons (Fsp3) is 0.923. The van der Waals surface area contributed by atoms with E-state index in [9.17, 15) is 13.2 Å². The minimum atomic E-state index is -2.99. The van der Waals surface area contributed by atoms with Crippen molar-refractivity contribution in [2.45, 2.75) is 45.1 Å². The second kappa shape index (κ2) is 7.85. The summed E-state index contributed by atoms with van der Waals surface area (Å²) in [5.74, 6) is 0.0673. The summed E-state index contributed by atoms with van der Waals surface area (Å²) in [6, 6.07) is 0.330. The first-order chi connectivity index (χ1) is 8.98. The van der Waals surface area contributed by atoms with E-state index in [0.717, 1.165) is 25.7 Å². The molecule has 19 heavy (non-hydrogen) atoms. The van der Waals surface area contributed by atoms with Gasteiger partial charge in [0.25, 0.3) is 0 Å². The van der Waals surface area contributed by atoms with E-state index in [1.165, 1.54) is 7.11 Å². The van der Waals surface area contributed by atoms with Crippen LogP contribution in [0.25, 0.3) is 0 Å². The maximum atomic E-state index is 11.8. The van der Waals surface area contributed by atoms with E-state index in [1.807, 2.05) is 11.8 Å². The minimum absolute atomic E-state index is 0.133. The van der Waals surface area contributed by atoms with Gasteiger partial charge in [-0.15, -0.1) is 0 Å². The Morgan fingerprint density at radius 3 is 2.42 bits per heavy atom. The van der Waals surface area contributed by atoms with Gasteiger partial charge in [0.05, 0.1) is 19.4 Å². The van der Waals surface area contributed by atoms with E-state index in [2.05, 4.69) is 4.74 Å². The van der Waals surface area contributed by atoms with Gasteiger partial charge in [-0.3, -0.25) is 9.69 Å². The molecule has 0 N–H and O–H groups in total. The van der Waals surface area contributed by atoms with Crippen molar-refractivity contribution < 1.29 is 17.9 Å². The fourth-order valence-corrected chi connectivity index (χ4v) is 3.90. The first kappa shape index (κ1) is 16.4. The summed E-state index contributed by atoms with van der Waals surface area (Å²) in [6.45, 7) is 2.49. The molecule has 0 unspecified atom stereocenters. The van der Waals surface area contributed by atoms with Crippen molar-refractivity contribution in [3.63, 3.8) is 0 Å². The largest absolute Gasteiger partial charge is 0.468 e. The monoisotopic (exact) mass is 291 g/mol. The summed E-state index contributed by atoms with van der Waals surface area (Å²) >= 11 is 0. The van der Waals surface area contributed by atoms with Gasteiger partial charge < -0.3 is 4.74 Å². The summed E-state index contributed by atoms with van der Waals surface area (Å²) in [5, 5.41) is 0. The van der Waals surface area contributed by atoms with Crippen LogP contribution >= 0.6 is 0 Å². The van der Waals surface area contributed by atoms with E-state index in [-0.39, 0.29) is 24.0 Å². The molecule has 112 valence electrons. The number of sulfone groups is 1. The molecule has 0 aromatic rings. The number of hydrogen-bond acceptors (Lipinski definition) is 5. The summed E-state index contributed by atoms with van der Waals surface area (Å²) < 4.78 is 28.2. The van der Waals surface area contributed by atoms with E-state index >= 15 is 0 Å². The zero-order chi connectivity index (χ0) is 14.3. The summed E-state index contributed by atoms with van der Waals surface area (Å²) in [4.78, 5) is 13.4. The quantitative estimate of drug-likeness (QED) is 0.629. The number of ether oxygens (including phenoxy) is 1. The number of nitrogens with zero attached hydrogens (tertiary/aromatic N) is 1. The smallest absolute Gasteiger partial charge is 0.319 e. The first-order valence-electron chi connectivity index (χ1n) is 6.99. The van der Waals surface area contributed by atoms with Crippen LogP contribution < -0.4 is 0 Å². The van der Waals surface area contributed by atoms with Crippen molar-refractivity contribution in [3.05, 3.63) is 0 Å². The van der Waals surface area contributed by atoms with Gasteiger partial charge in [-0.1, -0.05) is 19.8 Å². The molecule has 0 spiro atoms. The molecule has 1 aliphatic rings. The van der Waals surface area contributed by atoms with Crippen molar-refractivity contribution >= 4 is 15.8 Å². The van der Waals surface area contributed by atoms with Gasteiger partial charge >= 0.3 is 5.97 Å².